The number of ether oxygens (including phenoxy) is 1. The second-order valence-corrected chi connectivity index (χ2v) is 7.12. The van der Waals surface area contributed by atoms with Crippen LogP contribution in [0, 0.1) is 0 Å². The number of ketones is 1. The third-order valence-electron chi connectivity index (χ3n) is 4.84. The second kappa shape index (κ2) is 5.13. The summed E-state index contributed by atoms with van der Waals surface area (Å²) in [6.45, 7) is 0. The first-order valence-corrected chi connectivity index (χ1v) is 8.70. The van der Waals surface area contributed by atoms with E-state index in [1.807, 2.05) is 48.5 Å². The van der Waals surface area contributed by atoms with Gasteiger partial charge in [-0.05, 0) is 40.5 Å². The van der Waals surface area contributed by atoms with Gasteiger partial charge in [-0.25, -0.2) is 0 Å². The van der Waals surface area contributed by atoms with Gasteiger partial charge in [-0.2, -0.15) is 0 Å². The lowest BCUT2D eigenvalue weighted by Gasteiger charge is -2.16. The van der Waals surface area contributed by atoms with Crippen LogP contribution in [0.15, 0.2) is 71.2 Å². The third-order valence-corrected chi connectivity index (χ3v) is 5.33. The summed E-state index contributed by atoms with van der Waals surface area (Å²) in [4.78, 5) is 12.7. The standard InChI is InChI=1S/C21H13BrO2/c22-14-7-9-16-18(11-14)21-17-10-13(6-8-15(17)20(16)24-21)19(23)12-4-2-1-3-5-12/h1-11,20-21H/t20-,21+/m0/s1. The Kier molecular flexibility index (Phi) is 3.02. The van der Waals surface area contributed by atoms with Crippen molar-refractivity contribution in [1.82, 2.24) is 0 Å². The minimum atomic E-state index is -0.0685. The zero-order valence-electron chi connectivity index (χ0n) is 12.7. The van der Waals surface area contributed by atoms with Gasteiger partial charge in [0, 0.05) is 15.6 Å². The molecule has 5 rings (SSSR count). The largest absolute Gasteiger partial charge is 0.356 e. The second-order valence-electron chi connectivity index (χ2n) is 6.21. The first kappa shape index (κ1) is 14.1. The van der Waals surface area contributed by atoms with Gasteiger partial charge >= 0.3 is 0 Å². The van der Waals surface area contributed by atoms with Gasteiger partial charge in [-0.1, -0.05) is 64.5 Å². The van der Waals surface area contributed by atoms with Crippen molar-refractivity contribution in [2.45, 2.75) is 12.2 Å². The summed E-state index contributed by atoms with van der Waals surface area (Å²) in [7, 11) is 0. The molecule has 2 heterocycles. The lowest BCUT2D eigenvalue weighted by atomic mass is 9.84. The number of benzene rings is 3. The van der Waals surface area contributed by atoms with E-state index in [-0.39, 0.29) is 18.0 Å². The summed E-state index contributed by atoms with van der Waals surface area (Å²) in [6, 6.07) is 21.6. The number of hydrogen-bond acceptors (Lipinski definition) is 2. The maximum Gasteiger partial charge on any atom is 0.193 e. The fraction of sp³-hybridized carbons (Fsp3) is 0.0952. The highest BCUT2D eigenvalue weighted by Crippen LogP contribution is 2.54. The molecule has 0 fully saturated rings. The molecule has 0 aliphatic carbocycles. The Morgan fingerprint density at radius 1 is 0.750 bits per heavy atom. The highest BCUT2D eigenvalue weighted by molar-refractivity contribution is 9.10. The van der Waals surface area contributed by atoms with Crippen molar-refractivity contribution in [2.75, 3.05) is 0 Å². The molecule has 0 saturated heterocycles. The van der Waals surface area contributed by atoms with E-state index in [4.69, 9.17) is 4.74 Å². The lowest BCUT2D eigenvalue weighted by Crippen LogP contribution is -2.07. The zero-order valence-corrected chi connectivity index (χ0v) is 14.3. The summed E-state index contributed by atoms with van der Waals surface area (Å²) < 4.78 is 7.23. The van der Waals surface area contributed by atoms with Crippen molar-refractivity contribution < 1.29 is 9.53 Å². The van der Waals surface area contributed by atoms with E-state index < -0.39 is 0 Å². The van der Waals surface area contributed by atoms with Gasteiger partial charge in [-0.3, -0.25) is 4.79 Å². The highest BCUT2D eigenvalue weighted by Gasteiger charge is 2.42. The van der Waals surface area contributed by atoms with Crippen LogP contribution < -0.4 is 0 Å². The number of rotatable bonds is 2. The van der Waals surface area contributed by atoms with E-state index in [1.165, 1.54) is 16.7 Å². The fourth-order valence-corrected chi connectivity index (χ4v) is 4.09. The molecule has 0 saturated carbocycles. The Bertz CT molecular complexity index is 978. The zero-order chi connectivity index (χ0) is 16.3. The normalized spacial score (nSPS) is 19.9. The van der Waals surface area contributed by atoms with E-state index >= 15 is 0 Å². The average Bonchev–Trinajstić information content (AvgIpc) is 3.18. The van der Waals surface area contributed by atoms with E-state index in [2.05, 4.69) is 34.1 Å². The summed E-state index contributed by atoms with van der Waals surface area (Å²) in [5.41, 5.74) is 6.16. The van der Waals surface area contributed by atoms with Crippen LogP contribution in [-0.4, -0.2) is 5.78 Å². The van der Waals surface area contributed by atoms with E-state index in [9.17, 15) is 4.79 Å². The van der Waals surface area contributed by atoms with Gasteiger partial charge in [-0.15, -0.1) is 0 Å². The first-order chi connectivity index (χ1) is 11.7. The molecule has 0 N–H and O–H groups in total. The Balaban J connectivity index is 1.59. The summed E-state index contributed by atoms with van der Waals surface area (Å²) >= 11 is 3.53. The van der Waals surface area contributed by atoms with Gasteiger partial charge in [0.25, 0.3) is 0 Å². The molecule has 0 radical (unpaired) electrons. The van der Waals surface area contributed by atoms with Crippen LogP contribution in [-0.2, 0) is 4.74 Å². The maximum absolute atomic E-state index is 12.7. The fourth-order valence-electron chi connectivity index (χ4n) is 3.71. The molecule has 0 amide bonds. The minimum absolute atomic E-state index is 0.00558. The molecule has 0 aromatic heterocycles. The van der Waals surface area contributed by atoms with Gasteiger partial charge in [0.1, 0.15) is 12.2 Å². The molecule has 24 heavy (non-hydrogen) atoms. The van der Waals surface area contributed by atoms with Crippen molar-refractivity contribution in [3.63, 3.8) is 0 Å². The number of halogens is 1. The molecule has 3 aromatic rings. The molecule has 3 heteroatoms. The Morgan fingerprint density at radius 2 is 1.42 bits per heavy atom. The third kappa shape index (κ3) is 1.95. The van der Waals surface area contributed by atoms with Crippen molar-refractivity contribution >= 4 is 21.7 Å². The number of fused-ring (bicyclic) bond motifs is 8. The molecule has 2 nitrogen and oxygen atoms in total. The predicted molar refractivity (Wildman–Crippen MR) is 95.2 cm³/mol. The molecular formula is C21H13BrO2. The van der Waals surface area contributed by atoms with Crippen LogP contribution in [0.1, 0.15) is 50.4 Å². The summed E-state index contributed by atoms with van der Waals surface area (Å²) in [5, 5.41) is 0. The monoisotopic (exact) mass is 376 g/mol. The molecule has 0 spiro atoms. The van der Waals surface area contributed by atoms with Crippen LogP contribution in [0.4, 0.5) is 0 Å². The summed E-state index contributed by atoms with van der Waals surface area (Å²) in [6.07, 6.45) is -0.0741. The van der Waals surface area contributed by atoms with E-state index in [0.29, 0.717) is 11.1 Å². The first-order valence-electron chi connectivity index (χ1n) is 7.91. The minimum Gasteiger partial charge on any atom is -0.356 e. The topological polar surface area (TPSA) is 26.3 Å². The van der Waals surface area contributed by atoms with Gasteiger partial charge in [0.05, 0.1) is 0 Å². The number of carbonyl (C=O) groups is 1. The van der Waals surface area contributed by atoms with Gasteiger partial charge in [0.15, 0.2) is 5.78 Å². The van der Waals surface area contributed by atoms with Crippen LogP contribution in [0.3, 0.4) is 0 Å². The molecule has 3 aromatic carbocycles. The van der Waals surface area contributed by atoms with Crippen LogP contribution in [0.5, 0.6) is 0 Å². The predicted octanol–water partition coefficient (Wildman–Crippen LogP) is 5.20. The SMILES string of the molecule is O=C(c1ccccc1)c1ccc2c(c1)[C@H]1O[C@@H]2c2ccc(Br)cc21. The quantitative estimate of drug-likeness (QED) is 0.574. The maximum atomic E-state index is 12.7. The van der Waals surface area contributed by atoms with Crippen molar-refractivity contribution in [3.8, 4) is 0 Å². The Labute approximate surface area is 148 Å². The van der Waals surface area contributed by atoms with Crippen LogP contribution >= 0.6 is 15.9 Å². The number of carbonyl (C=O) groups excluding carboxylic acids is 1. The van der Waals surface area contributed by atoms with Crippen molar-refractivity contribution in [1.29, 1.82) is 0 Å². The average molecular weight is 377 g/mol. The highest BCUT2D eigenvalue weighted by atomic mass is 79.9. The molecule has 2 aliphatic rings. The van der Waals surface area contributed by atoms with Gasteiger partial charge in [0.2, 0.25) is 0 Å². The molecule has 0 unspecified atom stereocenters. The Morgan fingerprint density at radius 3 is 2.21 bits per heavy atom. The van der Waals surface area contributed by atoms with Gasteiger partial charge < -0.3 is 4.74 Å². The lowest BCUT2D eigenvalue weighted by molar-refractivity contribution is 0.0857. The van der Waals surface area contributed by atoms with Crippen LogP contribution in [0.25, 0.3) is 0 Å². The molecule has 116 valence electrons. The Hall–Kier alpha value is -2.23. The molecule has 2 aliphatic heterocycles. The molecular weight excluding hydrogens is 364 g/mol. The van der Waals surface area contributed by atoms with E-state index in [1.54, 1.807) is 0 Å². The van der Waals surface area contributed by atoms with E-state index in [0.717, 1.165) is 10.0 Å². The molecule has 2 atom stereocenters. The van der Waals surface area contributed by atoms with Crippen molar-refractivity contribution in [3.05, 3.63) is 105 Å². The van der Waals surface area contributed by atoms with Crippen molar-refractivity contribution in [2.24, 2.45) is 0 Å². The molecule has 2 bridgehead atoms. The smallest absolute Gasteiger partial charge is 0.193 e. The summed E-state index contributed by atoms with van der Waals surface area (Å²) in [5.74, 6) is 0.0515. The van der Waals surface area contributed by atoms with Crippen LogP contribution in [0.2, 0.25) is 0 Å². The number of hydrogen-bond donors (Lipinski definition) is 0.